The summed E-state index contributed by atoms with van der Waals surface area (Å²) in [6, 6.07) is 16.6. The minimum Gasteiger partial charge on any atom is -0.297 e. The van der Waals surface area contributed by atoms with Crippen molar-refractivity contribution in [2.24, 2.45) is 0 Å². The van der Waals surface area contributed by atoms with Gasteiger partial charge in [-0.25, -0.2) is 4.39 Å². The molecule has 0 spiro atoms. The second-order valence-electron chi connectivity index (χ2n) is 5.07. The molecule has 0 bridgehead atoms. The van der Waals surface area contributed by atoms with E-state index in [4.69, 9.17) is 0 Å². The van der Waals surface area contributed by atoms with Gasteiger partial charge in [0.05, 0.1) is 17.9 Å². The van der Waals surface area contributed by atoms with E-state index < -0.39 is 0 Å². The van der Waals surface area contributed by atoms with Gasteiger partial charge >= 0.3 is 0 Å². The molecule has 24 heavy (non-hydrogen) atoms. The first-order chi connectivity index (χ1) is 11.8. The SMILES string of the molecule is CC#CCSc1nnc(-c2ccccc2F)n1Cc1ccccc1. The number of nitrogens with zero attached hydrogens (tertiary/aromatic N) is 3. The molecule has 3 rings (SSSR count). The van der Waals surface area contributed by atoms with Gasteiger partial charge in [0.1, 0.15) is 5.82 Å². The Kier molecular flexibility index (Phi) is 5.29. The standard InChI is InChI=1S/C19H16FN3S/c1-2-3-13-24-19-22-21-18(16-11-7-8-12-17(16)20)23(19)14-15-9-5-4-6-10-15/h4-12H,13-14H2,1H3. The number of rotatable bonds is 5. The maximum atomic E-state index is 14.2. The molecular formula is C19H16FN3S. The number of hydrogen-bond donors (Lipinski definition) is 0. The van der Waals surface area contributed by atoms with Crippen molar-refractivity contribution in [3.63, 3.8) is 0 Å². The molecule has 0 aliphatic rings. The van der Waals surface area contributed by atoms with E-state index in [2.05, 4.69) is 22.0 Å². The van der Waals surface area contributed by atoms with Gasteiger partial charge in [0, 0.05) is 0 Å². The molecule has 3 aromatic rings. The fourth-order valence-electron chi connectivity index (χ4n) is 2.32. The van der Waals surface area contributed by atoms with Gasteiger partial charge in [-0.05, 0) is 24.6 Å². The van der Waals surface area contributed by atoms with Crippen molar-refractivity contribution in [3.8, 4) is 23.2 Å². The number of halogens is 1. The molecule has 0 unspecified atom stereocenters. The summed E-state index contributed by atoms with van der Waals surface area (Å²) in [4.78, 5) is 0. The molecule has 1 heterocycles. The summed E-state index contributed by atoms with van der Waals surface area (Å²) in [5, 5.41) is 9.21. The molecule has 3 nitrogen and oxygen atoms in total. The van der Waals surface area contributed by atoms with Crippen molar-refractivity contribution < 1.29 is 4.39 Å². The largest absolute Gasteiger partial charge is 0.297 e. The Balaban J connectivity index is 2.01. The minimum atomic E-state index is -0.302. The quantitative estimate of drug-likeness (QED) is 0.515. The van der Waals surface area contributed by atoms with Gasteiger partial charge in [-0.1, -0.05) is 60.1 Å². The monoisotopic (exact) mass is 337 g/mol. The molecule has 0 fully saturated rings. The van der Waals surface area contributed by atoms with Gasteiger partial charge in [-0.3, -0.25) is 4.57 Å². The first-order valence-electron chi connectivity index (χ1n) is 7.54. The molecule has 0 saturated carbocycles. The van der Waals surface area contributed by atoms with Gasteiger partial charge in [0.15, 0.2) is 11.0 Å². The molecule has 5 heteroatoms. The first kappa shape index (κ1) is 16.3. The maximum Gasteiger partial charge on any atom is 0.192 e. The Morgan fingerprint density at radius 2 is 1.79 bits per heavy atom. The topological polar surface area (TPSA) is 30.7 Å². The zero-order chi connectivity index (χ0) is 16.8. The summed E-state index contributed by atoms with van der Waals surface area (Å²) >= 11 is 1.51. The fourth-order valence-corrected chi connectivity index (χ4v) is 3.07. The van der Waals surface area contributed by atoms with Crippen molar-refractivity contribution in [1.29, 1.82) is 0 Å². The van der Waals surface area contributed by atoms with E-state index >= 15 is 0 Å². The summed E-state index contributed by atoms with van der Waals surface area (Å²) in [5.74, 6) is 6.73. The average molecular weight is 337 g/mol. The smallest absolute Gasteiger partial charge is 0.192 e. The summed E-state index contributed by atoms with van der Waals surface area (Å²) in [7, 11) is 0. The normalized spacial score (nSPS) is 10.2. The number of hydrogen-bond acceptors (Lipinski definition) is 3. The second kappa shape index (κ2) is 7.80. The van der Waals surface area contributed by atoms with E-state index in [1.165, 1.54) is 17.8 Å². The lowest BCUT2D eigenvalue weighted by atomic mass is 10.2. The van der Waals surface area contributed by atoms with Gasteiger partial charge in [-0.15, -0.1) is 16.1 Å². The fraction of sp³-hybridized carbons (Fsp3) is 0.158. The molecule has 120 valence electrons. The van der Waals surface area contributed by atoms with Crippen LogP contribution in [0.3, 0.4) is 0 Å². The second-order valence-corrected chi connectivity index (χ2v) is 6.02. The molecule has 0 amide bonds. The number of benzene rings is 2. The molecule has 0 atom stereocenters. The molecule has 0 N–H and O–H groups in total. The van der Waals surface area contributed by atoms with Crippen LogP contribution in [0, 0.1) is 17.7 Å². The summed E-state index contributed by atoms with van der Waals surface area (Å²) < 4.78 is 16.1. The van der Waals surface area contributed by atoms with Gasteiger partial charge in [0.25, 0.3) is 0 Å². The first-order valence-corrected chi connectivity index (χ1v) is 8.52. The summed E-state index contributed by atoms with van der Waals surface area (Å²) in [6.07, 6.45) is 0. The van der Waals surface area contributed by atoms with Crippen molar-refractivity contribution in [2.45, 2.75) is 18.6 Å². The van der Waals surface area contributed by atoms with Crippen LogP contribution in [0.4, 0.5) is 4.39 Å². The lowest BCUT2D eigenvalue weighted by Crippen LogP contribution is -2.05. The average Bonchev–Trinajstić information content (AvgIpc) is 2.99. The Hall–Kier alpha value is -2.58. The van der Waals surface area contributed by atoms with E-state index in [-0.39, 0.29) is 5.82 Å². The molecule has 0 aliphatic carbocycles. The molecule has 0 radical (unpaired) electrons. The predicted octanol–water partition coefficient (Wildman–Crippen LogP) is 4.25. The Morgan fingerprint density at radius 3 is 2.54 bits per heavy atom. The predicted molar refractivity (Wildman–Crippen MR) is 95.1 cm³/mol. The minimum absolute atomic E-state index is 0.302. The lowest BCUT2D eigenvalue weighted by Gasteiger charge is -2.10. The van der Waals surface area contributed by atoms with Crippen molar-refractivity contribution in [1.82, 2.24) is 14.8 Å². The highest BCUT2D eigenvalue weighted by Gasteiger charge is 2.17. The zero-order valence-corrected chi connectivity index (χ0v) is 14.1. The highest BCUT2D eigenvalue weighted by Crippen LogP contribution is 2.26. The zero-order valence-electron chi connectivity index (χ0n) is 13.2. The highest BCUT2D eigenvalue weighted by molar-refractivity contribution is 7.99. The van der Waals surface area contributed by atoms with E-state index in [9.17, 15) is 4.39 Å². The Morgan fingerprint density at radius 1 is 1.04 bits per heavy atom. The van der Waals surface area contributed by atoms with Crippen LogP contribution < -0.4 is 0 Å². The van der Waals surface area contributed by atoms with Crippen LogP contribution >= 0.6 is 11.8 Å². The highest BCUT2D eigenvalue weighted by atomic mass is 32.2. The summed E-state index contributed by atoms with van der Waals surface area (Å²) in [5.41, 5.74) is 1.56. The molecule has 1 aromatic heterocycles. The third-order valence-corrected chi connectivity index (χ3v) is 4.31. The van der Waals surface area contributed by atoms with Crippen LogP contribution in [0.15, 0.2) is 59.8 Å². The van der Waals surface area contributed by atoms with Crippen molar-refractivity contribution in [3.05, 3.63) is 66.0 Å². The van der Waals surface area contributed by atoms with Crippen molar-refractivity contribution >= 4 is 11.8 Å². The van der Waals surface area contributed by atoms with Crippen LogP contribution in [-0.4, -0.2) is 20.5 Å². The van der Waals surface area contributed by atoms with Gasteiger partial charge in [0.2, 0.25) is 0 Å². The maximum absolute atomic E-state index is 14.2. The molecular weight excluding hydrogens is 321 g/mol. The van der Waals surface area contributed by atoms with Gasteiger partial charge in [-0.2, -0.15) is 0 Å². The van der Waals surface area contributed by atoms with Crippen LogP contribution in [0.2, 0.25) is 0 Å². The van der Waals surface area contributed by atoms with Crippen LogP contribution in [-0.2, 0) is 6.54 Å². The van der Waals surface area contributed by atoms with E-state index in [0.717, 1.165) is 10.7 Å². The third kappa shape index (κ3) is 3.66. The molecule has 2 aromatic carbocycles. The van der Waals surface area contributed by atoms with Crippen LogP contribution in [0.1, 0.15) is 12.5 Å². The van der Waals surface area contributed by atoms with E-state index in [1.807, 2.05) is 34.9 Å². The Labute approximate surface area is 144 Å². The number of aromatic nitrogens is 3. The third-order valence-electron chi connectivity index (χ3n) is 3.47. The van der Waals surface area contributed by atoms with Gasteiger partial charge < -0.3 is 0 Å². The number of thioether (sulfide) groups is 1. The van der Waals surface area contributed by atoms with Crippen LogP contribution in [0.25, 0.3) is 11.4 Å². The van der Waals surface area contributed by atoms with E-state index in [1.54, 1.807) is 25.1 Å². The van der Waals surface area contributed by atoms with E-state index in [0.29, 0.717) is 23.7 Å². The molecule has 0 saturated heterocycles. The lowest BCUT2D eigenvalue weighted by molar-refractivity contribution is 0.626. The van der Waals surface area contributed by atoms with Crippen molar-refractivity contribution in [2.75, 3.05) is 5.75 Å². The summed E-state index contributed by atoms with van der Waals surface area (Å²) in [6.45, 7) is 2.39. The van der Waals surface area contributed by atoms with Crippen LogP contribution in [0.5, 0.6) is 0 Å². The Bertz CT molecular complexity index is 878. The molecule has 0 aliphatic heterocycles.